The van der Waals surface area contributed by atoms with Crippen molar-refractivity contribution in [3.05, 3.63) is 17.7 Å². The Kier molecular flexibility index (Phi) is 5.12. The van der Waals surface area contributed by atoms with Gasteiger partial charge in [-0.05, 0) is 6.07 Å². The van der Waals surface area contributed by atoms with Crippen LogP contribution in [0.15, 0.2) is 17.0 Å². The van der Waals surface area contributed by atoms with Crippen molar-refractivity contribution in [1.82, 2.24) is 0 Å². The van der Waals surface area contributed by atoms with Crippen molar-refractivity contribution in [2.75, 3.05) is 14.2 Å². The topological polar surface area (TPSA) is 160 Å². The molecule has 0 amide bonds. The van der Waals surface area contributed by atoms with Gasteiger partial charge in [0, 0.05) is 6.07 Å². The van der Waals surface area contributed by atoms with Crippen LogP contribution in [0.1, 0.15) is 5.56 Å². The summed E-state index contributed by atoms with van der Waals surface area (Å²) in [6.07, 6.45) is 0. The van der Waals surface area contributed by atoms with Gasteiger partial charge in [-0.3, -0.25) is 5.73 Å². The number of rotatable bonds is 5. The molecule has 0 heterocycles. The zero-order chi connectivity index (χ0) is 19.1. The lowest BCUT2D eigenvalue weighted by molar-refractivity contribution is -0.363. The van der Waals surface area contributed by atoms with Crippen LogP contribution < -0.4 is 15.2 Å². The van der Waals surface area contributed by atoms with Crippen LogP contribution in [-0.2, 0) is 15.6 Å². The Bertz CT molecular complexity index is 724. The number of methoxy groups -OCH3 is 2. The molecule has 0 radical (unpaired) electrons. The standard InChI is InChI=1S/C11H14F3NO8S/c1-22-6-4-8(24(20,21)11(12,13)14)7(23-2)3-5(6)9(16,17)10(15,18)19/h3-4,16-19H,15H2,1-2H3. The maximum Gasteiger partial charge on any atom is 0.502 e. The van der Waals surface area contributed by atoms with Crippen LogP contribution >= 0.6 is 0 Å². The van der Waals surface area contributed by atoms with Gasteiger partial charge in [-0.1, -0.05) is 0 Å². The fraction of sp³-hybridized carbons (Fsp3) is 0.455. The molecule has 0 saturated heterocycles. The van der Waals surface area contributed by atoms with Gasteiger partial charge in [-0.15, -0.1) is 0 Å². The van der Waals surface area contributed by atoms with Gasteiger partial charge in [0.05, 0.1) is 19.8 Å². The number of nitrogens with two attached hydrogens (primary N) is 1. The van der Waals surface area contributed by atoms with Gasteiger partial charge in [0.25, 0.3) is 21.5 Å². The van der Waals surface area contributed by atoms with Gasteiger partial charge < -0.3 is 29.9 Å². The fourth-order valence-corrected chi connectivity index (χ4v) is 2.59. The molecule has 1 rings (SSSR count). The summed E-state index contributed by atoms with van der Waals surface area (Å²) < 4.78 is 70.3. The summed E-state index contributed by atoms with van der Waals surface area (Å²) in [5.74, 6) is -9.08. The summed E-state index contributed by atoms with van der Waals surface area (Å²) in [7, 11) is -4.20. The first-order valence-electron chi connectivity index (χ1n) is 5.87. The average molecular weight is 377 g/mol. The second-order valence-corrected chi connectivity index (χ2v) is 6.46. The van der Waals surface area contributed by atoms with E-state index >= 15 is 0 Å². The Morgan fingerprint density at radius 3 is 1.79 bits per heavy atom. The lowest BCUT2D eigenvalue weighted by Gasteiger charge is -2.32. The van der Waals surface area contributed by atoms with E-state index in [2.05, 4.69) is 9.47 Å². The molecule has 13 heteroatoms. The van der Waals surface area contributed by atoms with Gasteiger partial charge in [0.15, 0.2) is 0 Å². The predicted molar refractivity (Wildman–Crippen MR) is 70.3 cm³/mol. The summed E-state index contributed by atoms with van der Waals surface area (Å²) in [5.41, 5.74) is -1.85. The van der Waals surface area contributed by atoms with Gasteiger partial charge in [-0.25, -0.2) is 8.42 Å². The van der Waals surface area contributed by atoms with Crippen LogP contribution in [0.3, 0.4) is 0 Å². The molecule has 0 aliphatic heterocycles. The van der Waals surface area contributed by atoms with E-state index in [1.807, 2.05) is 0 Å². The molecule has 0 aliphatic carbocycles. The maximum absolute atomic E-state index is 12.7. The Morgan fingerprint density at radius 2 is 1.46 bits per heavy atom. The lowest BCUT2D eigenvalue weighted by atomic mass is 10.0. The molecule has 1 aromatic rings. The molecule has 0 aliphatic rings. The van der Waals surface area contributed by atoms with E-state index in [4.69, 9.17) is 5.73 Å². The van der Waals surface area contributed by atoms with E-state index in [1.54, 1.807) is 0 Å². The van der Waals surface area contributed by atoms with Crippen molar-refractivity contribution >= 4 is 9.84 Å². The normalized spacial score (nSPS) is 13.8. The summed E-state index contributed by atoms with van der Waals surface area (Å²) in [5, 5.41) is 37.8. The smallest absolute Gasteiger partial charge is 0.496 e. The number of aliphatic hydroxyl groups is 4. The van der Waals surface area contributed by atoms with Crippen LogP contribution in [0.5, 0.6) is 11.5 Å². The molecule has 0 fully saturated rings. The zero-order valence-electron chi connectivity index (χ0n) is 12.2. The predicted octanol–water partition coefficient (Wildman–Crippen LogP) is -1.27. The average Bonchev–Trinajstić information content (AvgIpc) is 2.43. The number of halogens is 3. The third kappa shape index (κ3) is 3.26. The molecular weight excluding hydrogens is 363 g/mol. The highest BCUT2D eigenvalue weighted by atomic mass is 32.2. The third-order valence-electron chi connectivity index (χ3n) is 2.97. The van der Waals surface area contributed by atoms with Crippen LogP contribution in [-0.4, -0.2) is 54.5 Å². The molecule has 0 saturated carbocycles. The third-order valence-corrected chi connectivity index (χ3v) is 4.48. The van der Waals surface area contributed by atoms with Gasteiger partial charge in [0.1, 0.15) is 16.4 Å². The van der Waals surface area contributed by atoms with Crippen molar-refractivity contribution in [3.8, 4) is 11.5 Å². The van der Waals surface area contributed by atoms with Crippen molar-refractivity contribution < 1.29 is 51.5 Å². The second kappa shape index (κ2) is 6.02. The Hall–Kier alpha value is -1.64. The Labute approximate surface area is 133 Å². The van der Waals surface area contributed by atoms with Crippen molar-refractivity contribution in [3.63, 3.8) is 0 Å². The van der Waals surface area contributed by atoms with Crippen molar-refractivity contribution in [2.24, 2.45) is 5.73 Å². The highest BCUT2D eigenvalue weighted by Crippen LogP contribution is 2.42. The summed E-state index contributed by atoms with van der Waals surface area (Å²) in [6.45, 7) is 0. The summed E-state index contributed by atoms with van der Waals surface area (Å²) >= 11 is 0. The number of hydrogen-bond donors (Lipinski definition) is 5. The SMILES string of the molecule is COc1cc(S(=O)(=O)C(F)(F)F)c(OC)cc1C(O)(O)C(N)(O)O. The fourth-order valence-electron chi connectivity index (χ4n) is 1.68. The number of hydrogen-bond acceptors (Lipinski definition) is 9. The highest BCUT2D eigenvalue weighted by molar-refractivity contribution is 7.92. The van der Waals surface area contributed by atoms with Crippen LogP contribution in [0.4, 0.5) is 13.2 Å². The summed E-state index contributed by atoms with van der Waals surface area (Å²) in [4.78, 5) is -1.38. The van der Waals surface area contributed by atoms with Gasteiger partial charge >= 0.3 is 5.51 Å². The van der Waals surface area contributed by atoms with Crippen molar-refractivity contribution in [1.29, 1.82) is 0 Å². The first-order valence-corrected chi connectivity index (χ1v) is 7.35. The lowest BCUT2D eigenvalue weighted by Crippen LogP contribution is -2.58. The monoisotopic (exact) mass is 377 g/mol. The highest BCUT2D eigenvalue weighted by Gasteiger charge is 2.51. The van der Waals surface area contributed by atoms with Crippen LogP contribution in [0, 0.1) is 0 Å². The molecule has 0 unspecified atom stereocenters. The van der Waals surface area contributed by atoms with E-state index < -0.39 is 49.0 Å². The Morgan fingerprint density at radius 1 is 1.00 bits per heavy atom. The number of benzene rings is 1. The van der Waals surface area contributed by atoms with Crippen LogP contribution in [0.2, 0.25) is 0 Å². The number of ether oxygens (including phenoxy) is 2. The molecule has 0 atom stereocenters. The first-order chi connectivity index (χ1) is 10.6. The second-order valence-electron chi connectivity index (χ2n) is 4.55. The molecule has 0 spiro atoms. The Balaban J connectivity index is 3.80. The summed E-state index contributed by atoms with van der Waals surface area (Å²) in [6, 6.07) is 0.690. The molecule has 9 nitrogen and oxygen atoms in total. The molecular formula is C11H14F3NO8S. The first kappa shape index (κ1) is 20.4. The molecule has 0 bridgehead atoms. The number of sulfone groups is 1. The molecule has 0 aromatic heterocycles. The van der Waals surface area contributed by atoms with E-state index in [0.29, 0.717) is 6.07 Å². The van der Waals surface area contributed by atoms with Gasteiger partial charge in [0.2, 0.25) is 0 Å². The van der Waals surface area contributed by atoms with E-state index in [1.165, 1.54) is 0 Å². The minimum Gasteiger partial charge on any atom is -0.496 e. The van der Waals surface area contributed by atoms with E-state index in [9.17, 15) is 42.0 Å². The molecule has 24 heavy (non-hydrogen) atoms. The maximum atomic E-state index is 12.7. The van der Waals surface area contributed by atoms with E-state index in [-0.39, 0.29) is 6.07 Å². The van der Waals surface area contributed by atoms with Crippen molar-refractivity contribution in [2.45, 2.75) is 22.1 Å². The number of alkyl halides is 3. The molecule has 138 valence electrons. The minimum atomic E-state index is -5.87. The largest absolute Gasteiger partial charge is 0.502 e. The van der Waals surface area contributed by atoms with Gasteiger partial charge in [-0.2, -0.15) is 13.2 Å². The minimum absolute atomic E-state index is 0.282. The van der Waals surface area contributed by atoms with E-state index in [0.717, 1.165) is 14.2 Å². The molecule has 6 N–H and O–H groups in total. The quantitative estimate of drug-likeness (QED) is 0.394. The zero-order valence-corrected chi connectivity index (χ0v) is 13.0. The molecule has 1 aromatic carbocycles. The van der Waals surface area contributed by atoms with Crippen LogP contribution in [0.25, 0.3) is 0 Å².